The molecule has 1 saturated heterocycles. The number of hydrogen-bond donors (Lipinski definition) is 2. The van der Waals surface area contributed by atoms with Crippen molar-refractivity contribution in [3.05, 3.63) is 48.3 Å². The predicted molar refractivity (Wildman–Crippen MR) is 110 cm³/mol. The molecule has 1 aromatic heterocycles. The molecule has 1 atom stereocenters. The first-order valence-corrected chi connectivity index (χ1v) is 9.11. The molecule has 0 aliphatic carbocycles. The average molecular weight is 388 g/mol. The highest BCUT2D eigenvalue weighted by atomic mass is 16.5. The maximum absolute atomic E-state index is 12.1. The number of nitrogen functional groups attached to an aromatic ring is 1. The summed E-state index contributed by atoms with van der Waals surface area (Å²) >= 11 is 0. The third kappa shape index (κ3) is 3.35. The van der Waals surface area contributed by atoms with Crippen LogP contribution in [-0.4, -0.2) is 52.2 Å². The van der Waals surface area contributed by atoms with Gasteiger partial charge in [0.1, 0.15) is 23.4 Å². The highest BCUT2D eigenvalue weighted by molar-refractivity contribution is 5.96. The van der Waals surface area contributed by atoms with E-state index in [9.17, 15) is 9.90 Å². The Morgan fingerprint density at radius 1 is 1.24 bits per heavy atom. The molecular weight excluding hydrogens is 368 g/mol. The molecule has 3 aromatic rings. The molecule has 1 amide bonds. The number of aliphatic hydroxyl groups is 1. The Kier molecular flexibility index (Phi) is 4.57. The topological polar surface area (TPSA) is 102 Å². The molecule has 2 aromatic carbocycles. The molecule has 0 spiro atoms. The third-order valence-corrected chi connectivity index (χ3v) is 5.07. The van der Waals surface area contributed by atoms with Crippen LogP contribution < -0.4 is 10.5 Å². The molecule has 1 aliphatic heterocycles. The van der Waals surface area contributed by atoms with Crippen LogP contribution >= 0.6 is 0 Å². The Labute approximate surface area is 168 Å². The lowest BCUT2D eigenvalue weighted by Gasteiger charge is -2.13. The predicted octanol–water partition coefficient (Wildman–Crippen LogP) is 1.83. The summed E-state index contributed by atoms with van der Waals surface area (Å²) in [6, 6.07) is 11.3. The lowest BCUT2D eigenvalue weighted by Crippen LogP contribution is -2.37. The Morgan fingerprint density at radius 3 is 2.79 bits per heavy atom. The molecule has 0 bridgehead atoms. The number of likely N-dealkylation sites (tertiary alicyclic amines) is 1. The molecule has 2 heterocycles. The molecule has 29 heavy (non-hydrogen) atoms. The lowest BCUT2D eigenvalue weighted by atomic mass is 9.99. The van der Waals surface area contributed by atoms with Crippen LogP contribution in [0.4, 0.5) is 5.82 Å². The van der Waals surface area contributed by atoms with E-state index in [-0.39, 0.29) is 5.91 Å². The van der Waals surface area contributed by atoms with E-state index < -0.39 is 5.60 Å². The summed E-state index contributed by atoms with van der Waals surface area (Å²) in [6.07, 6.45) is 1.71. The first-order chi connectivity index (χ1) is 13.9. The van der Waals surface area contributed by atoms with Gasteiger partial charge >= 0.3 is 0 Å². The fourth-order valence-electron chi connectivity index (χ4n) is 3.40. The Hall–Kier alpha value is -3.63. The first kappa shape index (κ1) is 18.7. The summed E-state index contributed by atoms with van der Waals surface area (Å²) < 4.78 is 5.48. The number of amides is 1. The van der Waals surface area contributed by atoms with Gasteiger partial charge in [0, 0.05) is 31.0 Å². The van der Waals surface area contributed by atoms with Gasteiger partial charge in [0.05, 0.1) is 7.11 Å². The van der Waals surface area contributed by atoms with Crippen molar-refractivity contribution in [1.82, 2.24) is 14.9 Å². The van der Waals surface area contributed by atoms with Gasteiger partial charge in [0.2, 0.25) is 5.60 Å². The van der Waals surface area contributed by atoms with Crippen LogP contribution in [0.25, 0.3) is 22.0 Å². The molecule has 0 saturated carbocycles. The Morgan fingerprint density at radius 2 is 2.07 bits per heavy atom. The zero-order valence-electron chi connectivity index (χ0n) is 16.1. The smallest absolute Gasteiger partial charge is 0.267 e. The van der Waals surface area contributed by atoms with Gasteiger partial charge in [-0.2, -0.15) is 0 Å². The maximum atomic E-state index is 12.1. The van der Waals surface area contributed by atoms with Crippen molar-refractivity contribution < 1.29 is 14.6 Å². The van der Waals surface area contributed by atoms with Crippen LogP contribution in [0.2, 0.25) is 0 Å². The number of likely N-dealkylation sites (N-methyl/N-ethyl adjacent to an activating group) is 1. The summed E-state index contributed by atoms with van der Waals surface area (Å²) in [5.74, 6) is 6.28. The molecule has 7 nitrogen and oxygen atoms in total. The van der Waals surface area contributed by atoms with Crippen LogP contribution in [-0.2, 0) is 4.79 Å². The van der Waals surface area contributed by atoms with E-state index in [0.29, 0.717) is 41.0 Å². The van der Waals surface area contributed by atoms with Crippen molar-refractivity contribution in [3.63, 3.8) is 0 Å². The minimum Gasteiger partial charge on any atom is -0.494 e. The number of nitrogens with two attached hydrogens (primary N) is 1. The fourth-order valence-corrected chi connectivity index (χ4v) is 3.40. The number of carbonyl (C=O) groups is 1. The van der Waals surface area contributed by atoms with Crippen molar-refractivity contribution in [2.45, 2.75) is 12.0 Å². The van der Waals surface area contributed by atoms with Gasteiger partial charge in [-0.25, -0.2) is 9.97 Å². The van der Waals surface area contributed by atoms with Crippen LogP contribution in [0, 0.1) is 11.8 Å². The average Bonchev–Trinajstić information content (AvgIpc) is 3.00. The number of ether oxygens (including phenoxy) is 1. The fraction of sp³-hybridized carbons (Fsp3) is 0.227. The van der Waals surface area contributed by atoms with Gasteiger partial charge in [-0.05, 0) is 35.4 Å². The monoisotopic (exact) mass is 388 g/mol. The van der Waals surface area contributed by atoms with Crippen molar-refractivity contribution in [2.24, 2.45) is 0 Å². The van der Waals surface area contributed by atoms with E-state index in [1.165, 1.54) is 11.2 Å². The zero-order valence-corrected chi connectivity index (χ0v) is 16.1. The number of nitrogens with zero attached hydrogens (tertiary/aromatic N) is 3. The highest BCUT2D eigenvalue weighted by Gasteiger charge is 2.42. The number of carbonyl (C=O) groups excluding carboxylic acids is 1. The van der Waals surface area contributed by atoms with Gasteiger partial charge in [-0.15, -0.1) is 0 Å². The van der Waals surface area contributed by atoms with Gasteiger partial charge in [0.15, 0.2) is 0 Å². The second-order valence-corrected chi connectivity index (χ2v) is 7.00. The molecule has 0 radical (unpaired) electrons. The van der Waals surface area contributed by atoms with Crippen molar-refractivity contribution in [2.75, 3.05) is 26.4 Å². The molecule has 1 aliphatic rings. The molecule has 1 fully saturated rings. The van der Waals surface area contributed by atoms with E-state index in [1.807, 2.05) is 36.4 Å². The lowest BCUT2D eigenvalue weighted by molar-refractivity contribution is -0.137. The number of methoxy groups -OCH3 is 1. The molecular formula is C22H20N4O3. The SMILES string of the molecule is COc1cc(-c2cccc(C#CC3(O)CCN(C)C3=O)c2)cc2c(N)ncnc12. The summed E-state index contributed by atoms with van der Waals surface area (Å²) in [5.41, 5.74) is 7.49. The summed E-state index contributed by atoms with van der Waals surface area (Å²) in [7, 11) is 3.24. The van der Waals surface area contributed by atoms with Crippen LogP contribution in [0.1, 0.15) is 12.0 Å². The number of anilines is 1. The minimum atomic E-state index is -1.62. The number of fused-ring (bicyclic) bond motifs is 1. The van der Waals surface area contributed by atoms with Gasteiger partial charge in [-0.3, -0.25) is 4.79 Å². The van der Waals surface area contributed by atoms with Gasteiger partial charge < -0.3 is 20.5 Å². The summed E-state index contributed by atoms with van der Waals surface area (Å²) in [5, 5.41) is 11.2. The number of aromatic nitrogens is 2. The van der Waals surface area contributed by atoms with Crippen molar-refractivity contribution in [3.8, 4) is 28.7 Å². The van der Waals surface area contributed by atoms with Crippen LogP contribution in [0.5, 0.6) is 5.75 Å². The number of rotatable bonds is 2. The van der Waals surface area contributed by atoms with Gasteiger partial charge in [0.25, 0.3) is 5.91 Å². The summed E-state index contributed by atoms with van der Waals surface area (Å²) in [4.78, 5) is 21.9. The molecule has 1 unspecified atom stereocenters. The summed E-state index contributed by atoms with van der Waals surface area (Å²) in [6.45, 7) is 0.491. The molecule has 7 heteroatoms. The van der Waals surface area contributed by atoms with E-state index in [0.717, 1.165) is 11.1 Å². The number of benzene rings is 2. The largest absolute Gasteiger partial charge is 0.494 e. The van der Waals surface area contributed by atoms with Crippen LogP contribution in [0.15, 0.2) is 42.7 Å². The Balaban J connectivity index is 1.75. The van der Waals surface area contributed by atoms with Gasteiger partial charge in [-0.1, -0.05) is 24.0 Å². The second-order valence-electron chi connectivity index (χ2n) is 7.00. The molecule has 3 N–H and O–H groups in total. The van der Waals surface area contributed by atoms with Crippen LogP contribution in [0.3, 0.4) is 0 Å². The zero-order chi connectivity index (χ0) is 20.6. The van der Waals surface area contributed by atoms with Crippen molar-refractivity contribution >= 4 is 22.6 Å². The molecule has 146 valence electrons. The standard InChI is InChI=1S/C22H20N4O3/c1-26-9-8-22(28,21(26)27)7-6-14-4-3-5-15(10-14)16-11-17-19(18(12-16)29-2)24-13-25-20(17)23/h3-5,10-13,28H,8-9H2,1-2H3,(H2,23,24,25). The normalized spacial score (nSPS) is 18.6. The van der Waals surface area contributed by atoms with Crippen molar-refractivity contribution in [1.29, 1.82) is 0 Å². The van der Waals surface area contributed by atoms with E-state index in [1.54, 1.807) is 14.2 Å². The first-order valence-electron chi connectivity index (χ1n) is 9.11. The third-order valence-electron chi connectivity index (χ3n) is 5.07. The van der Waals surface area contributed by atoms with E-state index in [2.05, 4.69) is 21.8 Å². The highest BCUT2D eigenvalue weighted by Crippen LogP contribution is 2.33. The Bertz CT molecular complexity index is 1180. The number of hydrogen-bond acceptors (Lipinski definition) is 6. The second kappa shape index (κ2) is 7.08. The van der Waals surface area contributed by atoms with E-state index in [4.69, 9.17) is 10.5 Å². The maximum Gasteiger partial charge on any atom is 0.267 e. The quantitative estimate of drug-likeness (QED) is 0.650. The molecule has 4 rings (SSSR count). The minimum absolute atomic E-state index is 0.302. The van der Waals surface area contributed by atoms with E-state index >= 15 is 0 Å².